The Morgan fingerprint density at radius 3 is 2.09 bits per heavy atom. The number of halogens is 3. The minimum atomic E-state index is -0.225. The van der Waals surface area contributed by atoms with E-state index in [-0.39, 0.29) is 53.7 Å². The second kappa shape index (κ2) is 8.46. The van der Waals surface area contributed by atoms with Gasteiger partial charge < -0.3 is 12.4 Å². The minimum Gasteiger partial charge on any atom is -1.00 e. The van der Waals surface area contributed by atoms with Crippen molar-refractivity contribution in [2.45, 2.75) is 0 Å². The molecular formula is C7H7Cl2FMg. The van der Waals surface area contributed by atoms with E-state index >= 15 is 0 Å². The summed E-state index contributed by atoms with van der Waals surface area (Å²) in [5.41, 5.74) is 0.713. The van der Waals surface area contributed by atoms with Crippen LogP contribution >= 0.6 is 12.4 Å². The van der Waals surface area contributed by atoms with Gasteiger partial charge in [0.05, 0.1) is 5.82 Å². The van der Waals surface area contributed by atoms with Crippen LogP contribution in [0.5, 0.6) is 0 Å². The largest absolute Gasteiger partial charge is 2.00 e. The van der Waals surface area contributed by atoms with Gasteiger partial charge in [-0.15, -0.1) is 24.5 Å². The minimum absolute atomic E-state index is 0. The molecular weight excluding hydrogens is 198 g/mol. The molecule has 0 bridgehead atoms. The van der Waals surface area contributed by atoms with E-state index in [4.69, 9.17) is 0 Å². The molecule has 0 amide bonds. The van der Waals surface area contributed by atoms with Gasteiger partial charge in [-0.25, -0.2) is 4.39 Å². The molecule has 1 aromatic carbocycles. The molecule has 1 aromatic rings. The second-order valence-corrected chi connectivity index (χ2v) is 1.63. The SMILES string of the molecule is Cl.[CH2-]c1cccc(F)c1.[Cl-].[Mg+2]. The summed E-state index contributed by atoms with van der Waals surface area (Å²) in [4.78, 5) is 0. The monoisotopic (exact) mass is 204 g/mol. The first-order valence-electron chi connectivity index (χ1n) is 2.36. The van der Waals surface area contributed by atoms with Gasteiger partial charge in [0.25, 0.3) is 0 Å². The van der Waals surface area contributed by atoms with Gasteiger partial charge in [-0.1, -0.05) is 6.07 Å². The summed E-state index contributed by atoms with van der Waals surface area (Å²) in [5, 5.41) is 0. The van der Waals surface area contributed by atoms with E-state index in [2.05, 4.69) is 6.92 Å². The molecule has 0 unspecified atom stereocenters. The predicted molar refractivity (Wildman–Crippen MR) is 43.9 cm³/mol. The molecule has 0 aliphatic heterocycles. The maximum Gasteiger partial charge on any atom is 2.00 e. The number of benzene rings is 1. The Hall–Kier alpha value is 0.366. The van der Waals surface area contributed by atoms with Gasteiger partial charge in [0.15, 0.2) is 0 Å². The molecule has 58 valence electrons. The van der Waals surface area contributed by atoms with Crippen molar-refractivity contribution in [2.24, 2.45) is 0 Å². The van der Waals surface area contributed by atoms with Crippen LogP contribution in [0.25, 0.3) is 0 Å². The maximum absolute atomic E-state index is 12.1. The molecule has 0 atom stereocenters. The summed E-state index contributed by atoms with van der Waals surface area (Å²) < 4.78 is 12.1. The molecule has 0 fully saturated rings. The molecule has 0 radical (unpaired) electrons. The van der Waals surface area contributed by atoms with Crippen LogP contribution in [0.15, 0.2) is 24.3 Å². The zero-order chi connectivity index (χ0) is 5.98. The van der Waals surface area contributed by atoms with Gasteiger partial charge in [-0.05, 0) is 0 Å². The molecule has 0 N–H and O–H groups in total. The first kappa shape index (κ1) is 17.5. The topological polar surface area (TPSA) is 0 Å². The van der Waals surface area contributed by atoms with E-state index < -0.39 is 0 Å². The zero-order valence-corrected chi connectivity index (χ0v) is 8.87. The van der Waals surface area contributed by atoms with Crippen molar-refractivity contribution >= 4 is 35.5 Å². The molecule has 0 heterocycles. The fraction of sp³-hybridized carbons (Fsp3) is 0. The fourth-order valence-electron chi connectivity index (χ4n) is 0.537. The van der Waals surface area contributed by atoms with Crippen LogP contribution < -0.4 is 12.4 Å². The average Bonchev–Trinajstić information content (AvgIpc) is 1.64. The summed E-state index contributed by atoms with van der Waals surface area (Å²) in [6, 6.07) is 6.18. The number of hydrogen-bond acceptors (Lipinski definition) is 0. The van der Waals surface area contributed by atoms with Crippen molar-refractivity contribution in [1.29, 1.82) is 0 Å². The third kappa shape index (κ3) is 6.75. The van der Waals surface area contributed by atoms with Gasteiger partial charge in [-0.3, -0.25) is 0 Å². The smallest absolute Gasteiger partial charge is 1.00 e. The van der Waals surface area contributed by atoms with Gasteiger partial charge in [0, 0.05) is 0 Å². The first-order chi connectivity index (χ1) is 3.79. The van der Waals surface area contributed by atoms with Crippen LogP contribution in [-0.4, -0.2) is 23.1 Å². The first-order valence-corrected chi connectivity index (χ1v) is 2.36. The Balaban J connectivity index is -0.000000213. The molecule has 0 nitrogen and oxygen atoms in total. The van der Waals surface area contributed by atoms with E-state index in [1.165, 1.54) is 12.1 Å². The number of rotatable bonds is 0. The van der Waals surface area contributed by atoms with E-state index in [1.807, 2.05) is 0 Å². The molecule has 0 aliphatic carbocycles. The van der Waals surface area contributed by atoms with E-state index in [0.717, 1.165) is 0 Å². The summed E-state index contributed by atoms with van der Waals surface area (Å²) in [6.45, 7) is 3.54. The maximum atomic E-state index is 12.1. The quantitative estimate of drug-likeness (QED) is 0.378. The molecule has 11 heavy (non-hydrogen) atoms. The molecule has 4 heteroatoms. The third-order valence-corrected chi connectivity index (χ3v) is 0.889. The summed E-state index contributed by atoms with van der Waals surface area (Å²) in [6.07, 6.45) is 0. The van der Waals surface area contributed by atoms with Crippen LogP contribution in [0.3, 0.4) is 0 Å². The van der Waals surface area contributed by atoms with Crippen molar-refractivity contribution in [1.82, 2.24) is 0 Å². The van der Waals surface area contributed by atoms with Gasteiger partial charge in [0.2, 0.25) is 0 Å². The van der Waals surface area contributed by atoms with Crippen molar-refractivity contribution in [2.75, 3.05) is 0 Å². The molecule has 0 saturated heterocycles. The van der Waals surface area contributed by atoms with Crippen molar-refractivity contribution in [3.8, 4) is 0 Å². The van der Waals surface area contributed by atoms with E-state index in [1.54, 1.807) is 12.1 Å². The fourth-order valence-corrected chi connectivity index (χ4v) is 0.537. The molecule has 0 saturated carbocycles. The summed E-state index contributed by atoms with van der Waals surface area (Å²) in [5.74, 6) is -0.225. The Bertz CT molecular complexity index is 176. The standard InChI is InChI=1S/C7H6F.2ClH.Mg/c1-6-3-2-4-7(8)5-6;;;/h2-5H,1H2;2*1H;/q-1;;;+2/p-1. The molecule has 0 spiro atoms. The van der Waals surface area contributed by atoms with Crippen LogP contribution in [-0.2, 0) is 0 Å². The van der Waals surface area contributed by atoms with Gasteiger partial charge in [0.1, 0.15) is 0 Å². The van der Waals surface area contributed by atoms with Crippen LogP contribution in [0.1, 0.15) is 5.56 Å². The van der Waals surface area contributed by atoms with Crippen molar-refractivity contribution in [3.05, 3.63) is 42.6 Å². The van der Waals surface area contributed by atoms with Gasteiger partial charge in [-0.2, -0.15) is 18.6 Å². The summed E-state index contributed by atoms with van der Waals surface area (Å²) in [7, 11) is 0. The Morgan fingerprint density at radius 2 is 1.82 bits per heavy atom. The van der Waals surface area contributed by atoms with Crippen LogP contribution in [0.4, 0.5) is 4.39 Å². The van der Waals surface area contributed by atoms with Crippen molar-refractivity contribution < 1.29 is 16.8 Å². The summed E-state index contributed by atoms with van der Waals surface area (Å²) >= 11 is 0. The Morgan fingerprint density at radius 1 is 1.27 bits per heavy atom. The Labute approximate surface area is 94.5 Å². The second-order valence-electron chi connectivity index (χ2n) is 1.63. The predicted octanol–water partition coefficient (Wildman–Crippen LogP) is -0.947. The van der Waals surface area contributed by atoms with Crippen molar-refractivity contribution in [3.63, 3.8) is 0 Å². The molecule has 0 aliphatic rings. The van der Waals surface area contributed by atoms with E-state index in [9.17, 15) is 4.39 Å². The third-order valence-electron chi connectivity index (χ3n) is 0.889. The van der Waals surface area contributed by atoms with E-state index in [0.29, 0.717) is 5.56 Å². The zero-order valence-electron chi connectivity index (χ0n) is 5.89. The van der Waals surface area contributed by atoms with Crippen LogP contribution in [0.2, 0.25) is 0 Å². The normalized spacial score (nSPS) is 6.64. The number of hydrogen-bond donors (Lipinski definition) is 0. The average molecular weight is 205 g/mol. The van der Waals surface area contributed by atoms with Crippen LogP contribution in [0, 0.1) is 12.7 Å². The Kier molecular flexibility index (Phi) is 13.4. The van der Waals surface area contributed by atoms with Gasteiger partial charge >= 0.3 is 23.1 Å². The molecule has 1 rings (SSSR count). The molecule has 0 aromatic heterocycles.